The highest BCUT2D eigenvalue weighted by atomic mass is 15.2. The number of unbranched alkanes of at least 4 members (excludes halogenated alkanes) is 6. The molecule has 102 valence electrons. The predicted molar refractivity (Wildman–Crippen MR) is 75.1 cm³/mol. The fraction of sp³-hybridized carbons (Fsp3) is 0.750. The van der Waals surface area contributed by atoms with Crippen molar-refractivity contribution in [2.75, 3.05) is 23.3 Å². The molecule has 0 bridgehead atoms. The maximum Gasteiger partial charge on any atom is 0.229 e. The summed E-state index contributed by atoms with van der Waals surface area (Å²) in [5.74, 6) is 0.778. The van der Waals surface area contributed by atoms with E-state index in [-0.39, 0.29) is 11.9 Å². The zero-order chi connectivity index (χ0) is 13.2. The number of anilines is 3. The zero-order valence-corrected chi connectivity index (χ0v) is 11.2. The summed E-state index contributed by atoms with van der Waals surface area (Å²) >= 11 is 0. The summed E-state index contributed by atoms with van der Waals surface area (Å²) in [5.41, 5.74) is 11.0. The van der Waals surface area contributed by atoms with Gasteiger partial charge in [-0.25, -0.2) is 0 Å². The van der Waals surface area contributed by atoms with E-state index in [1.807, 2.05) is 0 Å². The van der Waals surface area contributed by atoms with Crippen molar-refractivity contribution in [1.29, 1.82) is 0 Å². The van der Waals surface area contributed by atoms with Crippen LogP contribution in [-0.2, 0) is 0 Å². The topological polar surface area (TPSA) is 103 Å². The third kappa shape index (κ3) is 6.22. The van der Waals surface area contributed by atoms with Crippen molar-refractivity contribution >= 4 is 17.8 Å². The number of nitrogens with one attached hydrogen (secondary N) is 1. The molecule has 0 aliphatic heterocycles. The molecule has 0 amide bonds. The predicted octanol–water partition coefficient (Wildman–Crippen LogP) is 2.20. The number of rotatable bonds is 9. The van der Waals surface area contributed by atoms with Crippen LogP contribution in [0.3, 0.4) is 0 Å². The van der Waals surface area contributed by atoms with Gasteiger partial charge < -0.3 is 16.8 Å². The van der Waals surface area contributed by atoms with E-state index in [0.29, 0.717) is 5.95 Å². The Hall–Kier alpha value is -1.59. The standard InChI is InChI=1S/C12H24N6/c1-2-3-4-5-6-7-8-9-15-12-17-10(13)16-11(14)18-12/h2-9H2,1H3,(H5,13,14,15,16,17,18). The molecular formula is C12H24N6. The van der Waals surface area contributed by atoms with Crippen LogP contribution in [0.5, 0.6) is 0 Å². The monoisotopic (exact) mass is 252 g/mol. The van der Waals surface area contributed by atoms with Crippen LogP contribution in [0.15, 0.2) is 0 Å². The number of aromatic nitrogens is 3. The Labute approximate surface area is 109 Å². The normalized spacial score (nSPS) is 10.5. The number of nitrogen functional groups attached to an aromatic ring is 2. The second-order valence-electron chi connectivity index (χ2n) is 4.42. The Morgan fingerprint density at radius 3 is 2.00 bits per heavy atom. The van der Waals surface area contributed by atoms with E-state index in [9.17, 15) is 0 Å². The molecule has 0 saturated carbocycles. The number of hydrogen-bond acceptors (Lipinski definition) is 6. The molecule has 0 aliphatic carbocycles. The molecule has 0 fully saturated rings. The molecular weight excluding hydrogens is 228 g/mol. The number of nitrogens with two attached hydrogens (primary N) is 2. The molecule has 6 nitrogen and oxygen atoms in total. The quantitative estimate of drug-likeness (QED) is 0.582. The maximum absolute atomic E-state index is 5.48. The lowest BCUT2D eigenvalue weighted by Gasteiger charge is -2.05. The molecule has 0 radical (unpaired) electrons. The molecule has 0 unspecified atom stereocenters. The highest BCUT2D eigenvalue weighted by Crippen LogP contribution is 2.08. The molecule has 1 heterocycles. The average molecular weight is 252 g/mol. The van der Waals surface area contributed by atoms with E-state index in [0.717, 1.165) is 13.0 Å². The van der Waals surface area contributed by atoms with Crippen molar-refractivity contribution in [3.05, 3.63) is 0 Å². The molecule has 18 heavy (non-hydrogen) atoms. The minimum atomic E-state index is 0.157. The third-order valence-corrected chi connectivity index (χ3v) is 2.73. The average Bonchev–Trinajstić information content (AvgIpc) is 2.31. The molecule has 0 spiro atoms. The Kier molecular flexibility index (Phi) is 6.83. The largest absolute Gasteiger partial charge is 0.368 e. The van der Waals surface area contributed by atoms with Gasteiger partial charge in [-0.2, -0.15) is 15.0 Å². The third-order valence-electron chi connectivity index (χ3n) is 2.73. The van der Waals surface area contributed by atoms with Crippen molar-refractivity contribution in [1.82, 2.24) is 15.0 Å². The van der Waals surface area contributed by atoms with Gasteiger partial charge in [0, 0.05) is 6.54 Å². The minimum Gasteiger partial charge on any atom is -0.368 e. The molecule has 0 aromatic carbocycles. The van der Waals surface area contributed by atoms with Gasteiger partial charge in [-0.3, -0.25) is 0 Å². The number of nitrogens with zero attached hydrogens (tertiary/aromatic N) is 3. The van der Waals surface area contributed by atoms with Crippen LogP contribution in [0, 0.1) is 0 Å². The first-order valence-corrected chi connectivity index (χ1v) is 6.73. The second kappa shape index (κ2) is 8.49. The molecule has 0 aliphatic rings. The first-order chi connectivity index (χ1) is 8.72. The van der Waals surface area contributed by atoms with Gasteiger partial charge in [0.1, 0.15) is 0 Å². The van der Waals surface area contributed by atoms with E-state index in [1.165, 1.54) is 38.5 Å². The Bertz CT molecular complexity index is 321. The van der Waals surface area contributed by atoms with Crippen LogP contribution in [0.4, 0.5) is 17.8 Å². The van der Waals surface area contributed by atoms with Gasteiger partial charge in [0.2, 0.25) is 17.8 Å². The van der Waals surface area contributed by atoms with Gasteiger partial charge in [-0.15, -0.1) is 0 Å². The van der Waals surface area contributed by atoms with Gasteiger partial charge in [0.25, 0.3) is 0 Å². The Balaban J connectivity index is 2.07. The van der Waals surface area contributed by atoms with Crippen molar-refractivity contribution < 1.29 is 0 Å². The lowest BCUT2D eigenvalue weighted by atomic mass is 10.1. The zero-order valence-electron chi connectivity index (χ0n) is 11.2. The summed E-state index contributed by atoms with van der Waals surface area (Å²) in [4.78, 5) is 11.6. The van der Waals surface area contributed by atoms with Crippen LogP contribution in [0.2, 0.25) is 0 Å². The van der Waals surface area contributed by atoms with Crippen molar-refractivity contribution in [2.24, 2.45) is 0 Å². The highest BCUT2D eigenvalue weighted by molar-refractivity contribution is 5.36. The lowest BCUT2D eigenvalue weighted by molar-refractivity contribution is 0.596. The molecule has 1 rings (SSSR count). The first kappa shape index (κ1) is 14.5. The Morgan fingerprint density at radius 2 is 1.39 bits per heavy atom. The maximum atomic E-state index is 5.48. The molecule has 1 aromatic heterocycles. The van der Waals surface area contributed by atoms with Crippen LogP contribution in [0.25, 0.3) is 0 Å². The van der Waals surface area contributed by atoms with Gasteiger partial charge in [-0.1, -0.05) is 45.4 Å². The first-order valence-electron chi connectivity index (χ1n) is 6.73. The Morgan fingerprint density at radius 1 is 0.833 bits per heavy atom. The highest BCUT2D eigenvalue weighted by Gasteiger charge is 2.00. The van der Waals surface area contributed by atoms with Gasteiger partial charge >= 0.3 is 0 Å². The summed E-state index contributed by atoms with van der Waals surface area (Å²) in [7, 11) is 0. The summed E-state index contributed by atoms with van der Waals surface area (Å²) in [6, 6.07) is 0. The number of hydrogen-bond donors (Lipinski definition) is 3. The smallest absolute Gasteiger partial charge is 0.229 e. The summed E-state index contributed by atoms with van der Waals surface area (Å²) in [6.07, 6.45) is 8.96. The van der Waals surface area contributed by atoms with E-state index in [2.05, 4.69) is 27.2 Å². The summed E-state index contributed by atoms with van der Waals surface area (Å²) < 4.78 is 0. The molecule has 1 aromatic rings. The molecule has 0 atom stereocenters. The minimum absolute atomic E-state index is 0.157. The lowest BCUT2D eigenvalue weighted by Crippen LogP contribution is -2.10. The van der Waals surface area contributed by atoms with Crippen LogP contribution >= 0.6 is 0 Å². The SMILES string of the molecule is CCCCCCCCCNc1nc(N)nc(N)n1. The van der Waals surface area contributed by atoms with E-state index < -0.39 is 0 Å². The van der Waals surface area contributed by atoms with Crippen LogP contribution in [0.1, 0.15) is 51.9 Å². The summed E-state index contributed by atoms with van der Waals surface area (Å²) in [5, 5.41) is 3.11. The van der Waals surface area contributed by atoms with Crippen molar-refractivity contribution in [3.8, 4) is 0 Å². The van der Waals surface area contributed by atoms with Crippen LogP contribution < -0.4 is 16.8 Å². The van der Waals surface area contributed by atoms with Gasteiger partial charge in [-0.05, 0) is 6.42 Å². The van der Waals surface area contributed by atoms with E-state index >= 15 is 0 Å². The van der Waals surface area contributed by atoms with Crippen molar-refractivity contribution in [2.45, 2.75) is 51.9 Å². The molecule has 0 saturated heterocycles. The van der Waals surface area contributed by atoms with Gasteiger partial charge in [0.05, 0.1) is 0 Å². The summed E-state index contributed by atoms with van der Waals surface area (Å²) in [6.45, 7) is 3.08. The fourth-order valence-corrected chi connectivity index (χ4v) is 1.77. The van der Waals surface area contributed by atoms with E-state index in [4.69, 9.17) is 11.5 Å². The van der Waals surface area contributed by atoms with Crippen LogP contribution in [-0.4, -0.2) is 21.5 Å². The fourth-order valence-electron chi connectivity index (χ4n) is 1.77. The second-order valence-corrected chi connectivity index (χ2v) is 4.42. The van der Waals surface area contributed by atoms with E-state index in [1.54, 1.807) is 0 Å². The molecule has 5 N–H and O–H groups in total. The van der Waals surface area contributed by atoms with Gasteiger partial charge in [0.15, 0.2) is 0 Å². The molecule has 6 heteroatoms. The van der Waals surface area contributed by atoms with Crippen molar-refractivity contribution in [3.63, 3.8) is 0 Å².